The summed E-state index contributed by atoms with van der Waals surface area (Å²) in [5.74, 6) is 0.968. The predicted molar refractivity (Wildman–Crippen MR) is 68.0 cm³/mol. The number of aromatic nitrogens is 2. The van der Waals surface area contributed by atoms with E-state index in [1.165, 1.54) is 0 Å². The smallest absolute Gasteiger partial charge is 0.104 e. The van der Waals surface area contributed by atoms with Crippen LogP contribution in [-0.4, -0.2) is 9.97 Å². The summed E-state index contributed by atoms with van der Waals surface area (Å²) in [6.07, 6.45) is 9.20. The van der Waals surface area contributed by atoms with Gasteiger partial charge in [-0.1, -0.05) is 39.0 Å². The zero-order valence-electron chi connectivity index (χ0n) is 10.5. The molecule has 0 aliphatic carbocycles. The van der Waals surface area contributed by atoms with Gasteiger partial charge in [0.05, 0.1) is 10.7 Å². The highest BCUT2D eigenvalue weighted by atomic mass is 14.9. The van der Waals surface area contributed by atoms with Crippen LogP contribution in [0.15, 0.2) is 12.2 Å². The number of imidazole rings is 1. The minimum Gasteiger partial charge on any atom is -0.342 e. The van der Waals surface area contributed by atoms with Crippen molar-refractivity contribution < 1.29 is 0 Å². The second kappa shape index (κ2) is 8.04. The highest BCUT2D eigenvalue weighted by Crippen LogP contribution is 1.77. The van der Waals surface area contributed by atoms with Gasteiger partial charge in [-0.25, -0.2) is 4.98 Å². The molecule has 0 atom stereocenters. The lowest BCUT2D eigenvalue weighted by atomic mass is 10.4. The fourth-order valence-corrected chi connectivity index (χ4v) is 1.20. The van der Waals surface area contributed by atoms with E-state index in [4.69, 9.17) is 0 Å². The Morgan fingerprint density at radius 3 is 2.53 bits per heavy atom. The molecule has 0 amide bonds. The summed E-state index contributed by atoms with van der Waals surface area (Å²) < 4.78 is 0. The average Bonchev–Trinajstić information content (AvgIpc) is 2.60. The summed E-state index contributed by atoms with van der Waals surface area (Å²) in [6.45, 7) is 10.1. The zero-order valence-corrected chi connectivity index (χ0v) is 10.5. The molecule has 1 aromatic rings. The van der Waals surface area contributed by atoms with E-state index >= 15 is 0 Å². The second-order valence-corrected chi connectivity index (χ2v) is 2.93. The van der Waals surface area contributed by atoms with Crippen LogP contribution in [0.5, 0.6) is 0 Å². The van der Waals surface area contributed by atoms with E-state index in [-0.39, 0.29) is 0 Å². The molecule has 0 radical (unpaired) electrons. The number of aromatic amines is 1. The lowest BCUT2D eigenvalue weighted by molar-refractivity contribution is 1.13. The molecule has 84 valence electrons. The molecule has 0 spiro atoms. The van der Waals surface area contributed by atoms with Crippen molar-refractivity contribution in [1.82, 2.24) is 9.97 Å². The number of hydrogen-bond donors (Lipinski definition) is 1. The standard InChI is InChI=1S/C11H16N2.C2H6/c1-4-6-8-11-10(7-5-2)12-9(3)13-11;1-2/h4,6-8H,5H2,1-3H3,(H,12,13);1-2H3/b6-4-,10-7+,11-8+;. The largest absolute Gasteiger partial charge is 0.342 e. The van der Waals surface area contributed by atoms with Gasteiger partial charge in [-0.05, 0) is 26.3 Å². The molecule has 15 heavy (non-hydrogen) atoms. The maximum atomic E-state index is 4.38. The van der Waals surface area contributed by atoms with Crippen molar-refractivity contribution in [3.8, 4) is 0 Å². The third-order valence-corrected chi connectivity index (χ3v) is 1.73. The Balaban J connectivity index is 0.000000921. The monoisotopic (exact) mass is 206 g/mol. The van der Waals surface area contributed by atoms with Gasteiger partial charge in [-0.3, -0.25) is 0 Å². The van der Waals surface area contributed by atoms with Crippen LogP contribution in [0.3, 0.4) is 0 Å². The molecule has 2 heteroatoms. The Kier molecular flexibility index (Phi) is 7.33. The van der Waals surface area contributed by atoms with Crippen LogP contribution in [0.25, 0.3) is 12.2 Å². The SMILES string of the molecule is CC.C\C=C/C=c1/[nH]c(C)n/c1=C/CC. The molecule has 2 nitrogen and oxygen atoms in total. The molecule has 1 rings (SSSR count). The highest BCUT2D eigenvalue weighted by Gasteiger charge is 1.89. The molecule has 1 heterocycles. The molecule has 1 aromatic heterocycles. The van der Waals surface area contributed by atoms with Crippen molar-refractivity contribution in [3.05, 3.63) is 28.7 Å². The zero-order chi connectivity index (χ0) is 11.7. The van der Waals surface area contributed by atoms with Crippen LogP contribution in [0.4, 0.5) is 0 Å². The Morgan fingerprint density at radius 2 is 2.00 bits per heavy atom. The van der Waals surface area contributed by atoms with Crippen molar-refractivity contribution in [2.24, 2.45) is 0 Å². The van der Waals surface area contributed by atoms with Crippen LogP contribution < -0.4 is 10.7 Å². The lowest BCUT2D eigenvalue weighted by Gasteiger charge is -1.76. The fourth-order valence-electron chi connectivity index (χ4n) is 1.20. The third-order valence-electron chi connectivity index (χ3n) is 1.73. The van der Waals surface area contributed by atoms with Crippen LogP contribution in [0.1, 0.15) is 39.9 Å². The van der Waals surface area contributed by atoms with E-state index in [9.17, 15) is 0 Å². The maximum Gasteiger partial charge on any atom is 0.104 e. The molecule has 0 unspecified atom stereocenters. The molecule has 0 fully saturated rings. The molecule has 0 aliphatic heterocycles. The number of aryl methyl sites for hydroxylation is 1. The van der Waals surface area contributed by atoms with E-state index in [1.54, 1.807) is 0 Å². The van der Waals surface area contributed by atoms with Gasteiger partial charge in [0.25, 0.3) is 0 Å². The van der Waals surface area contributed by atoms with Gasteiger partial charge in [0, 0.05) is 0 Å². The van der Waals surface area contributed by atoms with E-state index in [0.29, 0.717) is 0 Å². The lowest BCUT2D eigenvalue weighted by Crippen LogP contribution is -2.23. The molecular weight excluding hydrogens is 184 g/mol. The van der Waals surface area contributed by atoms with Crippen LogP contribution in [0.2, 0.25) is 0 Å². The van der Waals surface area contributed by atoms with Crippen molar-refractivity contribution in [3.63, 3.8) is 0 Å². The first kappa shape index (κ1) is 13.7. The topological polar surface area (TPSA) is 28.7 Å². The van der Waals surface area contributed by atoms with Gasteiger partial charge in [0.2, 0.25) is 0 Å². The minimum absolute atomic E-state index is 0.968. The summed E-state index contributed by atoms with van der Waals surface area (Å²) >= 11 is 0. The molecule has 0 aliphatic rings. The summed E-state index contributed by atoms with van der Waals surface area (Å²) in [4.78, 5) is 7.59. The van der Waals surface area contributed by atoms with Gasteiger partial charge in [-0.15, -0.1) is 0 Å². The normalized spacial score (nSPS) is 13.1. The van der Waals surface area contributed by atoms with Gasteiger partial charge in [-0.2, -0.15) is 0 Å². The predicted octanol–water partition coefficient (Wildman–Crippen LogP) is 2.29. The van der Waals surface area contributed by atoms with Gasteiger partial charge in [0.1, 0.15) is 5.82 Å². The molecule has 1 N–H and O–H groups in total. The summed E-state index contributed by atoms with van der Waals surface area (Å²) in [6, 6.07) is 0. The van der Waals surface area contributed by atoms with Gasteiger partial charge < -0.3 is 4.98 Å². The van der Waals surface area contributed by atoms with Crippen molar-refractivity contribution in [1.29, 1.82) is 0 Å². The van der Waals surface area contributed by atoms with Crippen molar-refractivity contribution >= 4 is 12.2 Å². The quantitative estimate of drug-likeness (QED) is 0.790. The summed E-state index contributed by atoms with van der Waals surface area (Å²) in [7, 11) is 0. The number of nitrogens with one attached hydrogen (secondary N) is 1. The summed E-state index contributed by atoms with van der Waals surface area (Å²) in [5, 5.41) is 2.15. The Hall–Kier alpha value is -1.31. The van der Waals surface area contributed by atoms with E-state index in [0.717, 1.165) is 22.9 Å². The van der Waals surface area contributed by atoms with Crippen LogP contribution in [0, 0.1) is 6.92 Å². The van der Waals surface area contributed by atoms with E-state index < -0.39 is 0 Å². The highest BCUT2D eigenvalue weighted by molar-refractivity contribution is 5.35. The second-order valence-electron chi connectivity index (χ2n) is 2.93. The van der Waals surface area contributed by atoms with Crippen LogP contribution >= 0.6 is 0 Å². The van der Waals surface area contributed by atoms with Crippen molar-refractivity contribution in [2.75, 3.05) is 0 Å². The Labute approximate surface area is 92.4 Å². The minimum atomic E-state index is 0.968. The number of nitrogens with zero attached hydrogens (tertiary/aromatic N) is 1. The molecule has 0 bridgehead atoms. The molecule has 0 saturated heterocycles. The van der Waals surface area contributed by atoms with E-state index in [2.05, 4.69) is 23.0 Å². The van der Waals surface area contributed by atoms with E-state index in [1.807, 2.05) is 45.9 Å². The molecule has 0 saturated carbocycles. The molecule has 0 aromatic carbocycles. The number of hydrogen-bond acceptors (Lipinski definition) is 1. The first-order valence-electron chi connectivity index (χ1n) is 5.63. The van der Waals surface area contributed by atoms with Crippen molar-refractivity contribution in [2.45, 2.75) is 41.0 Å². The number of allylic oxidation sites excluding steroid dienone is 2. The van der Waals surface area contributed by atoms with Gasteiger partial charge in [0.15, 0.2) is 0 Å². The first-order valence-corrected chi connectivity index (χ1v) is 5.63. The van der Waals surface area contributed by atoms with Gasteiger partial charge >= 0.3 is 0 Å². The van der Waals surface area contributed by atoms with Crippen LogP contribution in [-0.2, 0) is 0 Å². The fraction of sp³-hybridized carbons (Fsp3) is 0.462. The Bertz CT molecular complexity index is 397. The summed E-state index contributed by atoms with van der Waals surface area (Å²) in [5.41, 5.74) is 0. The third kappa shape index (κ3) is 4.63. The maximum absolute atomic E-state index is 4.38. The number of H-pyrrole nitrogens is 1. The average molecular weight is 206 g/mol. The Morgan fingerprint density at radius 1 is 1.33 bits per heavy atom. The molecular formula is C13H22N2. The number of rotatable bonds is 2. The first-order chi connectivity index (χ1) is 7.27.